The van der Waals surface area contributed by atoms with E-state index in [0.717, 1.165) is 29.9 Å². The van der Waals surface area contributed by atoms with Gasteiger partial charge in [-0.25, -0.2) is 8.78 Å². The van der Waals surface area contributed by atoms with Crippen molar-refractivity contribution >= 4 is 0 Å². The van der Waals surface area contributed by atoms with Crippen LogP contribution in [0.15, 0.2) is 36.4 Å². The Kier molecular flexibility index (Phi) is 4.79. The summed E-state index contributed by atoms with van der Waals surface area (Å²) in [6.45, 7) is 4.03. The molecule has 122 valence electrons. The quantitative estimate of drug-likeness (QED) is 0.636. The summed E-state index contributed by atoms with van der Waals surface area (Å²) in [6.07, 6.45) is 5.21. The van der Waals surface area contributed by atoms with Crippen molar-refractivity contribution in [1.82, 2.24) is 0 Å². The first kappa shape index (κ1) is 16.2. The maximum Gasteiger partial charge on any atom is 0.127 e. The van der Waals surface area contributed by atoms with E-state index in [1.165, 1.54) is 18.9 Å². The zero-order valence-corrected chi connectivity index (χ0v) is 13.9. The molecule has 0 bridgehead atoms. The lowest BCUT2D eigenvalue weighted by atomic mass is 9.79. The van der Waals surface area contributed by atoms with Crippen molar-refractivity contribution in [2.45, 2.75) is 51.9 Å². The molecule has 23 heavy (non-hydrogen) atoms. The number of aryl methyl sites for hydroxylation is 1. The molecule has 2 aromatic rings. The second-order valence-electron chi connectivity index (χ2n) is 7.07. The monoisotopic (exact) mass is 314 g/mol. The van der Waals surface area contributed by atoms with Crippen molar-refractivity contribution in [3.05, 3.63) is 70.3 Å². The molecule has 3 rings (SSSR count). The number of hydrogen-bond donors (Lipinski definition) is 0. The zero-order valence-electron chi connectivity index (χ0n) is 13.9. The Morgan fingerprint density at radius 2 is 1.65 bits per heavy atom. The van der Waals surface area contributed by atoms with Crippen LogP contribution in [0.2, 0.25) is 0 Å². The van der Waals surface area contributed by atoms with E-state index in [9.17, 15) is 8.78 Å². The van der Waals surface area contributed by atoms with E-state index < -0.39 is 0 Å². The van der Waals surface area contributed by atoms with Gasteiger partial charge in [-0.3, -0.25) is 0 Å². The highest BCUT2D eigenvalue weighted by molar-refractivity contribution is 5.33. The second kappa shape index (κ2) is 6.82. The van der Waals surface area contributed by atoms with E-state index in [2.05, 4.69) is 13.0 Å². The fourth-order valence-corrected chi connectivity index (χ4v) is 3.52. The number of hydrogen-bond acceptors (Lipinski definition) is 0. The second-order valence-corrected chi connectivity index (χ2v) is 7.07. The molecule has 1 aliphatic carbocycles. The summed E-state index contributed by atoms with van der Waals surface area (Å²) >= 11 is 0. The van der Waals surface area contributed by atoms with Gasteiger partial charge in [-0.05, 0) is 66.0 Å². The summed E-state index contributed by atoms with van der Waals surface area (Å²) in [5, 5.41) is 0. The number of halogens is 2. The topological polar surface area (TPSA) is 0 Å². The van der Waals surface area contributed by atoms with E-state index in [0.29, 0.717) is 23.5 Å². The van der Waals surface area contributed by atoms with Gasteiger partial charge in [0, 0.05) is 6.42 Å². The van der Waals surface area contributed by atoms with Crippen molar-refractivity contribution in [1.29, 1.82) is 0 Å². The lowest BCUT2D eigenvalue weighted by Gasteiger charge is -2.26. The molecule has 1 fully saturated rings. The summed E-state index contributed by atoms with van der Waals surface area (Å²) < 4.78 is 28.1. The first-order chi connectivity index (χ1) is 11.0. The normalized spacial score (nSPS) is 21.4. The van der Waals surface area contributed by atoms with Gasteiger partial charge in [0.05, 0.1) is 0 Å². The molecule has 1 saturated carbocycles. The molecule has 0 radical (unpaired) electrons. The lowest BCUT2D eigenvalue weighted by Crippen LogP contribution is -2.11. The first-order valence-corrected chi connectivity index (χ1v) is 8.56. The van der Waals surface area contributed by atoms with Gasteiger partial charge in [-0.15, -0.1) is 0 Å². The molecule has 0 heterocycles. The molecule has 0 unspecified atom stereocenters. The Hall–Kier alpha value is -1.70. The van der Waals surface area contributed by atoms with Crippen molar-refractivity contribution in [3.63, 3.8) is 0 Å². The molecule has 0 atom stereocenters. The smallest absolute Gasteiger partial charge is 0.127 e. The fraction of sp³-hybridized carbons (Fsp3) is 0.429. The van der Waals surface area contributed by atoms with Crippen molar-refractivity contribution in [2.75, 3.05) is 0 Å². The summed E-state index contributed by atoms with van der Waals surface area (Å²) in [6, 6.07) is 10.8. The Balaban J connectivity index is 1.75. The van der Waals surface area contributed by atoms with Gasteiger partial charge in [-0.2, -0.15) is 0 Å². The maximum absolute atomic E-state index is 14.5. The van der Waals surface area contributed by atoms with Gasteiger partial charge < -0.3 is 0 Å². The maximum atomic E-state index is 14.5. The van der Waals surface area contributed by atoms with Crippen LogP contribution in [-0.2, 0) is 6.42 Å². The molecule has 0 N–H and O–H groups in total. The summed E-state index contributed by atoms with van der Waals surface area (Å²) in [5.74, 6) is 0.899. The Labute approximate surface area is 137 Å². The molecule has 1 aliphatic rings. The summed E-state index contributed by atoms with van der Waals surface area (Å²) in [7, 11) is 0. The molecule has 0 amide bonds. The van der Waals surface area contributed by atoms with Gasteiger partial charge in [0.2, 0.25) is 0 Å². The molecule has 0 nitrogen and oxygen atoms in total. The van der Waals surface area contributed by atoms with E-state index in [-0.39, 0.29) is 11.6 Å². The highest BCUT2D eigenvalue weighted by Gasteiger charge is 2.20. The van der Waals surface area contributed by atoms with Gasteiger partial charge in [-0.1, -0.05) is 44.0 Å². The van der Waals surface area contributed by atoms with Crippen LogP contribution in [0.4, 0.5) is 8.78 Å². The Bertz CT molecular complexity index is 682. The third-order valence-electron chi connectivity index (χ3n) is 5.20. The molecule has 0 spiro atoms. The van der Waals surface area contributed by atoms with Crippen LogP contribution in [-0.4, -0.2) is 0 Å². The first-order valence-electron chi connectivity index (χ1n) is 8.56. The number of benzene rings is 2. The Morgan fingerprint density at radius 3 is 2.30 bits per heavy atom. The van der Waals surface area contributed by atoms with Crippen molar-refractivity contribution in [2.24, 2.45) is 5.92 Å². The van der Waals surface area contributed by atoms with E-state index >= 15 is 0 Å². The van der Waals surface area contributed by atoms with Crippen LogP contribution in [0.1, 0.15) is 60.8 Å². The zero-order chi connectivity index (χ0) is 16.4. The molecule has 2 aromatic carbocycles. The standard InChI is InChI=1S/C21H24F2/c1-14-3-7-17(8-4-14)18-9-10-19(21(23)13-18)11-16-6-5-15(2)20(22)12-16/h5-6,9-10,12-14,17H,3-4,7-8,11H2,1-2H3. The minimum absolute atomic E-state index is 0.165. The largest absolute Gasteiger partial charge is 0.207 e. The van der Waals surface area contributed by atoms with E-state index in [1.807, 2.05) is 12.1 Å². The van der Waals surface area contributed by atoms with Crippen LogP contribution in [0.3, 0.4) is 0 Å². The van der Waals surface area contributed by atoms with Crippen LogP contribution >= 0.6 is 0 Å². The SMILES string of the molecule is Cc1ccc(Cc2ccc(C3CCC(C)CC3)cc2F)cc1F. The van der Waals surface area contributed by atoms with E-state index in [4.69, 9.17) is 0 Å². The highest BCUT2D eigenvalue weighted by Crippen LogP contribution is 2.36. The summed E-state index contributed by atoms with van der Waals surface area (Å²) in [4.78, 5) is 0. The Morgan fingerprint density at radius 1 is 0.913 bits per heavy atom. The molecule has 2 heteroatoms. The van der Waals surface area contributed by atoms with Crippen LogP contribution in [0.5, 0.6) is 0 Å². The third kappa shape index (κ3) is 3.80. The van der Waals surface area contributed by atoms with Crippen LogP contribution in [0.25, 0.3) is 0 Å². The lowest BCUT2D eigenvalue weighted by molar-refractivity contribution is 0.347. The van der Waals surface area contributed by atoms with Gasteiger partial charge in [0.15, 0.2) is 0 Å². The average molecular weight is 314 g/mol. The molecule has 0 saturated heterocycles. The molecule has 0 aliphatic heterocycles. The van der Waals surface area contributed by atoms with Gasteiger partial charge >= 0.3 is 0 Å². The third-order valence-corrected chi connectivity index (χ3v) is 5.20. The molecular formula is C21H24F2. The molecule has 0 aromatic heterocycles. The number of rotatable bonds is 3. The predicted octanol–water partition coefficient (Wildman–Crippen LogP) is 6.16. The summed E-state index contributed by atoms with van der Waals surface area (Å²) in [5.41, 5.74) is 3.19. The minimum atomic E-state index is -0.226. The highest BCUT2D eigenvalue weighted by atomic mass is 19.1. The van der Waals surface area contributed by atoms with E-state index in [1.54, 1.807) is 19.1 Å². The van der Waals surface area contributed by atoms with Gasteiger partial charge in [0.25, 0.3) is 0 Å². The van der Waals surface area contributed by atoms with Gasteiger partial charge in [0.1, 0.15) is 11.6 Å². The van der Waals surface area contributed by atoms with Crippen molar-refractivity contribution < 1.29 is 8.78 Å². The van der Waals surface area contributed by atoms with Crippen molar-refractivity contribution in [3.8, 4) is 0 Å². The van der Waals surface area contributed by atoms with Crippen LogP contribution in [0, 0.1) is 24.5 Å². The molecular weight excluding hydrogens is 290 g/mol. The van der Waals surface area contributed by atoms with Crippen LogP contribution < -0.4 is 0 Å². The average Bonchev–Trinajstić information content (AvgIpc) is 2.53. The fourth-order valence-electron chi connectivity index (χ4n) is 3.52. The predicted molar refractivity (Wildman–Crippen MR) is 90.7 cm³/mol. The minimum Gasteiger partial charge on any atom is -0.207 e.